The number of aryl methyl sites for hydroxylation is 1. The zero-order chi connectivity index (χ0) is 20.5. The number of amides is 1. The molecule has 0 aliphatic carbocycles. The summed E-state index contributed by atoms with van der Waals surface area (Å²) in [5.74, 6) is 0.913. The van der Waals surface area contributed by atoms with Crippen LogP contribution >= 0.6 is 0 Å². The molecule has 5 heteroatoms. The van der Waals surface area contributed by atoms with Crippen LogP contribution in [0.1, 0.15) is 42.9 Å². The molecule has 0 atom stereocenters. The quantitative estimate of drug-likeness (QED) is 0.743. The van der Waals surface area contributed by atoms with Gasteiger partial charge in [0.05, 0.1) is 18.2 Å². The van der Waals surface area contributed by atoms with Crippen molar-refractivity contribution >= 4 is 5.91 Å². The number of hydrogen-bond acceptors (Lipinski definition) is 4. The lowest BCUT2D eigenvalue weighted by atomic mass is 9.74. The molecule has 1 amide bonds. The number of carbonyl (C=O) groups is 1. The summed E-state index contributed by atoms with van der Waals surface area (Å²) in [5.41, 5.74) is 2.81. The van der Waals surface area contributed by atoms with E-state index in [4.69, 9.17) is 14.7 Å². The molecule has 1 aliphatic heterocycles. The van der Waals surface area contributed by atoms with E-state index >= 15 is 0 Å². The number of carbonyl (C=O) groups excluding carboxylic acids is 1. The third kappa shape index (κ3) is 5.58. The Balaban J connectivity index is 1.59. The monoisotopic (exact) mass is 392 g/mol. The summed E-state index contributed by atoms with van der Waals surface area (Å²) in [6.45, 7) is 4.63. The molecular formula is C24H28N2O3. The van der Waals surface area contributed by atoms with Crippen LogP contribution in [0.4, 0.5) is 0 Å². The van der Waals surface area contributed by atoms with Gasteiger partial charge in [0.1, 0.15) is 5.75 Å². The van der Waals surface area contributed by atoms with E-state index < -0.39 is 0 Å². The number of hydrogen-bond donors (Lipinski definition) is 1. The summed E-state index contributed by atoms with van der Waals surface area (Å²) in [5, 5.41) is 12.0. The molecule has 29 heavy (non-hydrogen) atoms. The molecule has 152 valence electrons. The summed E-state index contributed by atoms with van der Waals surface area (Å²) >= 11 is 0. The Morgan fingerprint density at radius 1 is 1.14 bits per heavy atom. The number of nitriles is 1. The molecule has 1 fully saturated rings. The Bertz CT molecular complexity index is 832. The largest absolute Gasteiger partial charge is 0.494 e. The average molecular weight is 392 g/mol. The first kappa shape index (κ1) is 20.9. The zero-order valence-electron chi connectivity index (χ0n) is 16.9. The van der Waals surface area contributed by atoms with Gasteiger partial charge >= 0.3 is 0 Å². The first-order chi connectivity index (χ1) is 14.1. The predicted octanol–water partition coefficient (Wildman–Crippen LogP) is 3.75. The fourth-order valence-corrected chi connectivity index (χ4v) is 3.76. The number of rotatable bonds is 8. The summed E-state index contributed by atoms with van der Waals surface area (Å²) in [6.07, 6.45) is 2.87. The highest BCUT2D eigenvalue weighted by atomic mass is 16.5. The second kappa shape index (κ2) is 10.1. The molecule has 1 heterocycles. The summed E-state index contributed by atoms with van der Waals surface area (Å²) < 4.78 is 11.1. The third-order valence-corrected chi connectivity index (χ3v) is 5.58. The lowest BCUT2D eigenvalue weighted by molar-refractivity contribution is -0.121. The predicted molar refractivity (Wildman–Crippen MR) is 112 cm³/mol. The van der Waals surface area contributed by atoms with Crippen LogP contribution in [0.15, 0.2) is 48.5 Å². The van der Waals surface area contributed by atoms with Gasteiger partial charge in [0.15, 0.2) is 0 Å². The Morgan fingerprint density at radius 2 is 1.83 bits per heavy atom. The number of ether oxygens (including phenoxy) is 2. The van der Waals surface area contributed by atoms with E-state index in [-0.39, 0.29) is 11.3 Å². The first-order valence-electron chi connectivity index (χ1n) is 10.2. The molecule has 1 aliphatic rings. The van der Waals surface area contributed by atoms with Crippen LogP contribution in [-0.4, -0.2) is 32.3 Å². The minimum Gasteiger partial charge on any atom is -0.494 e. The highest BCUT2D eigenvalue weighted by Gasteiger charge is 2.34. The average Bonchev–Trinajstić information content (AvgIpc) is 2.78. The maximum Gasteiger partial charge on any atom is 0.220 e. The smallest absolute Gasteiger partial charge is 0.220 e. The molecule has 2 aromatic carbocycles. The van der Waals surface area contributed by atoms with E-state index in [0.717, 1.165) is 24.2 Å². The second-order valence-electron chi connectivity index (χ2n) is 7.44. The number of benzene rings is 2. The molecule has 0 saturated carbocycles. The minimum absolute atomic E-state index is 0.0474. The van der Waals surface area contributed by atoms with Gasteiger partial charge in [0.25, 0.3) is 0 Å². The van der Waals surface area contributed by atoms with Gasteiger partial charge in [-0.1, -0.05) is 24.3 Å². The molecule has 0 spiro atoms. The first-order valence-corrected chi connectivity index (χ1v) is 10.2. The van der Waals surface area contributed by atoms with Crippen LogP contribution < -0.4 is 10.1 Å². The van der Waals surface area contributed by atoms with Gasteiger partial charge in [-0.3, -0.25) is 4.79 Å². The van der Waals surface area contributed by atoms with Crippen molar-refractivity contribution in [1.82, 2.24) is 5.32 Å². The van der Waals surface area contributed by atoms with Crippen LogP contribution in [0.2, 0.25) is 0 Å². The van der Waals surface area contributed by atoms with Crippen molar-refractivity contribution in [2.75, 3.05) is 26.4 Å². The van der Waals surface area contributed by atoms with Crippen molar-refractivity contribution in [3.8, 4) is 11.8 Å². The molecule has 1 N–H and O–H groups in total. The van der Waals surface area contributed by atoms with Gasteiger partial charge < -0.3 is 14.8 Å². The number of nitrogens with zero attached hydrogens (tertiary/aromatic N) is 1. The van der Waals surface area contributed by atoms with Gasteiger partial charge in [0.2, 0.25) is 5.91 Å². The normalized spacial score (nSPS) is 15.3. The molecule has 0 unspecified atom stereocenters. The van der Waals surface area contributed by atoms with Crippen molar-refractivity contribution < 1.29 is 14.3 Å². The van der Waals surface area contributed by atoms with Crippen LogP contribution in [0, 0.1) is 11.3 Å². The third-order valence-electron chi connectivity index (χ3n) is 5.58. The fraction of sp³-hybridized carbons (Fsp3) is 0.417. The Kier molecular flexibility index (Phi) is 7.26. The van der Waals surface area contributed by atoms with E-state index in [1.54, 1.807) is 12.1 Å². The van der Waals surface area contributed by atoms with Crippen LogP contribution in [0.3, 0.4) is 0 Å². The van der Waals surface area contributed by atoms with Gasteiger partial charge in [-0.25, -0.2) is 0 Å². The standard InChI is InChI=1S/C24H28N2O3/c1-2-29-22-10-8-21(9-11-22)24(13-15-28-16-14-24)18-26-23(27)12-7-19-3-5-20(17-25)6-4-19/h3-6,8-11H,2,7,12-16,18H2,1H3,(H,26,27). The molecule has 5 nitrogen and oxygen atoms in total. The summed E-state index contributed by atoms with van der Waals surface area (Å²) in [7, 11) is 0. The van der Waals surface area contributed by atoms with E-state index in [1.807, 2.05) is 31.2 Å². The molecule has 0 aromatic heterocycles. The highest BCUT2D eigenvalue weighted by molar-refractivity contribution is 5.76. The zero-order valence-corrected chi connectivity index (χ0v) is 16.9. The van der Waals surface area contributed by atoms with Gasteiger partial charge in [-0.2, -0.15) is 5.26 Å². The topological polar surface area (TPSA) is 71.3 Å². The van der Waals surface area contributed by atoms with Gasteiger partial charge in [-0.05, 0) is 61.6 Å². The maximum atomic E-state index is 12.5. The van der Waals surface area contributed by atoms with Gasteiger partial charge in [-0.15, -0.1) is 0 Å². The molecule has 0 bridgehead atoms. The lowest BCUT2D eigenvalue weighted by Gasteiger charge is -2.38. The SMILES string of the molecule is CCOc1ccc(C2(CNC(=O)CCc3ccc(C#N)cc3)CCOCC2)cc1. The minimum atomic E-state index is -0.104. The van der Waals surface area contributed by atoms with Crippen molar-refractivity contribution in [2.45, 2.75) is 38.0 Å². The molecule has 3 rings (SSSR count). The lowest BCUT2D eigenvalue weighted by Crippen LogP contribution is -2.44. The Morgan fingerprint density at radius 3 is 2.45 bits per heavy atom. The van der Waals surface area contributed by atoms with Crippen LogP contribution in [0.5, 0.6) is 5.75 Å². The van der Waals surface area contributed by atoms with E-state index in [2.05, 4.69) is 23.5 Å². The van der Waals surface area contributed by atoms with E-state index in [0.29, 0.717) is 44.8 Å². The summed E-state index contributed by atoms with van der Waals surface area (Å²) in [6, 6.07) is 17.7. The van der Waals surface area contributed by atoms with Gasteiger partial charge in [0, 0.05) is 31.6 Å². The Hall–Kier alpha value is -2.84. The summed E-state index contributed by atoms with van der Waals surface area (Å²) in [4.78, 5) is 12.5. The van der Waals surface area contributed by atoms with E-state index in [1.165, 1.54) is 5.56 Å². The van der Waals surface area contributed by atoms with Crippen molar-refractivity contribution in [3.05, 3.63) is 65.2 Å². The van der Waals surface area contributed by atoms with Crippen LogP contribution in [0.25, 0.3) is 0 Å². The second-order valence-corrected chi connectivity index (χ2v) is 7.44. The highest BCUT2D eigenvalue weighted by Crippen LogP contribution is 2.35. The van der Waals surface area contributed by atoms with Crippen LogP contribution in [-0.2, 0) is 21.4 Å². The Labute approximate surface area is 172 Å². The van der Waals surface area contributed by atoms with Crippen molar-refractivity contribution in [3.63, 3.8) is 0 Å². The maximum absolute atomic E-state index is 12.5. The fourth-order valence-electron chi connectivity index (χ4n) is 3.76. The van der Waals surface area contributed by atoms with Crippen molar-refractivity contribution in [1.29, 1.82) is 5.26 Å². The molecular weight excluding hydrogens is 364 g/mol. The molecule has 0 radical (unpaired) electrons. The van der Waals surface area contributed by atoms with Crippen molar-refractivity contribution in [2.24, 2.45) is 0 Å². The molecule has 1 saturated heterocycles. The number of nitrogens with one attached hydrogen (secondary N) is 1. The molecule has 2 aromatic rings. The van der Waals surface area contributed by atoms with E-state index in [9.17, 15) is 4.79 Å².